The van der Waals surface area contributed by atoms with Gasteiger partial charge in [0.15, 0.2) is 0 Å². The maximum atomic E-state index is 5.46. The Morgan fingerprint density at radius 1 is 0.373 bits per heavy atom. The number of nitrogens with zero attached hydrogens (tertiary/aromatic N) is 4. The number of aromatic nitrogens is 4. The Balaban J connectivity index is 1.15. The lowest BCUT2D eigenvalue weighted by molar-refractivity contribution is 1.10. The van der Waals surface area contributed by atoms with Crippen LogP contribution in [0.25, 0.3) is 91.9 Å². The maximum Gasteiger partial charge on any atom is 0.145 e. The van der Waals surface area contributed by atoms with Crippen LogP contribution in [0.3, 0.4) is 0 Å². The summed E-state index contributed by atoms with van der Waals surface area (Å²) in [5.41, 5.74) is 12.9. The van der Waals surface area contributed by atoms with Gasteiger partial charge in [0, 0.05) is 33.5 Å². The molecule has 240 valence electrons. The molecule has 0 saturated carbocycles. The van der Waals surface area contributed by atoms with Crippen LogP contribution in [0.15, 0.2) is 170 Å². The summed E-state index contributed by atoms with van der Waals surface area (Å²) in [7, 11) is 0. The van der Waals surface area contributed by atoms with E-state index in [1.165, 1.54) is 9.40 Å². The summed E-state index contributed by atoms with van der Waals surface area (Å²) in [4.78, 5) is 15.3. The van der Waals surface area contributed by atoms with Crippen LogP contribution in [0.4, 0.5) is 0 Å². The van der Waals surface area contributed by atoms with Gasteiger partial charge in [-0.2, -0.15) is 0 Å². The van der Waals surface area contributed by atoms with E-state index in [1.807, 2.05) is 12.1 Å². The van der Waals surface area contributed by atoms with E-state index in [1.54, 1.807) is 22.7 Å². The summed E-state index contributed by atoms with van der Waals surface area (Å²) in [5.74, 6) is 0.905. The van der Waals surface area contributed by atoms with Gasteiger partial charge in [-0.25, -0.2) is 15.0 Å². The first-order valence-corrected chi connectivity index (χ1v) is 18.5. The first-order chi connectivity index (χ1) is 25.3. The van der Waals surface area contributed by atoms with Crippen molar-refractivity contribution in [3.63, 3.8) is 0 Å². The molecule has 10 aromatic rings. The van der Waals surface area contributed by atoms with E-state index in [0.717, 1.165) is 82.5 Å². The lowest BCUT2D eigenvalue weighted by Gasteiger charge is -2.14. The molecule has 0 unspecified atom stereocenters. The number of fused-ring (bicyclic) bond motifs is 3. The highest BCUT2D eigenvalue weighted by atomic mass is 32.1. The summed E-state index contributed by atoms with van der Waals surface area (Å²) in [5, 5.41) is 2.05. The molecule has 7 aromatic carbocycles. The van der Waals surface area contributed by atoms with Gasteiger partial charge in [-0.15, -0.1) is 22.7 Å². The largest absolute Gasteiger partial charge is 0.292 e. The number of hydrogen-bond donors (Lipinski definition) is 0. The number of benzene rings is 7. The van der Waals surface area contributed by atoms with Crippen LogP contribution in [-0.2, 0) is 0 Å². The lowest BCUT2D eigenvalue weighted by Crippen LogP contribution is -1.98. The van der Waals surface area contributed by atoms with Crippen molar-refractivity contribution in [3.05, 3.63) is 170 Å². The van der Waals surface area contributed by atoms with Gasteiger partial charge >= 0.3 is 0 Å². The highest BCUT2D eigenvalue weighted by Gasteiger charge is 2.22. The van der Waals surface area contributed by atoms with Gasteiger partial charge in [0.2, 0.25) is 0 Å². The third kappa shape index (κ3) is 5.24. The van der Waals surface area contributed by atoms with E-state index in [9.17, 15) is 0 Å². The molecule has 0 spiro atoms. The zero-order chi connectivity index (χ0) is 33.7. The third-order valence-corrected chi connectivity index (χ3v) is 11.5. The smallest absolute Gasteiger partial charge is 0.145 e. The monoisotopic (exact) mass is 688 g/mol. The van der Waals surface area contributed by atoms with Crippen LogP contribution in [0.2, 0.25) is 0 Å². The second-order valence-electron chi connectivity index (χ2n) is 12.5. The van der Waals surface area contributed by atoms with Gasteiger partial charge in [-0.05, 0) is 47.5 Å². The van der Waals surface area contributed by atoms with Gasteiger partial charge in [-0.3, -0.25) is 4.57 Å². The Morgan fingerprint density at radius 3 is 1.41 bits per heavy atom. The molecule has 0 atom stereocenters. The first kappa shape index (κ1) is 29.7. The van der Waals surface area contributed by atoms with E-state index in [0.29, 0.717) is 0 Å². The number of thiazole rings is 2. The molecule has 0 radical (unpaired) electrons. The van der Waals surface area contributed by atoms with Crippen LogP contribution in [-0.4, -0.2) is 19.5 Å². The lowest BCUT2D eigenvalue weighted by atomic mass is 9.96. The summed E-state index contributed by atoms with van der Waals surface area (Å²) in [6.07, 6.45) is 0. The van der Waals surface area contributed by atoms with Crippen LogP contribution >= 0.6 is 22.7 Å². The van der Waals surface area contributed by atoms with Gasteiger partial charge < -0.3 is 0 Å². The number of imidazole rings is 1. The molecule has 0 aliphatic rings. The molecule has 10 rings (SSSR count). The molecule has 3 heterocycles. The predicted molar refractivity (Wildman–Crippen MR) is 215 cm³/mol. The Morgan fingerprint density at radius 2 is 0.843 bits per heavy atom. The molecule has 3 aromatic heterocycles. The van der Waals surface area contributed by atoms with Crippen molar-refractivity contribution >= 4 is 54.1 Å². The van der Waals surface area contributed by atoms with Crippen molar-refractivity contribution in [3.8, 4) is 60.5 Å². The van der Waals surface area contributed by atoms with Crippen LogP contribution in [0, 0.1) is 0 Å². The van der Waals surface area contributed by atoms with Crippen LogP contribution in [0.5, 0.6) is 0 Å². The number of para-hydroxylation sites is 3. The van der Waals surface area contributed by atoms with Crippen molar-refractivity contribution in [1.82, 2.24) is 19.5 Å². The fraction of sp³-hybridized carbons (Fsp3) is 0. The van der Waals surface area contributed by atoms with E-state index in [2.05, 4.69) is 162 Å². The molecule has 0 bridgehead atoms. The van der Waals surface area contributed by atoms with Crippen molar-refractivity contribution in [2.75, 3.05) is 0 Å². The van der Waals surface area contributed by atoms with Crippen molar-refractivity contribution in [2.24, 2.45) is 0 Å². The zero-order valence-electron chi connectivity index (χ0n) is 27.3. The molecular formula is C45H28N4S2. The average Bonchev–Trinajstić information content (AvgIpc) is 3.94. The third-order valence-electron chi connectivity index (χ3n) is 9.32. The fourth-order valence-corrected chi connectivity index (χ4v) is 8.77. The quantitative estimate of drug-likeness (QED) is 0.175. The highest BCUT2D eigenvalue weighted by molar-refractivity contribution is 7.22. The zero-order valence-corrected chi connectivity index (χ0v) is 28.9. The van der Waals surface area contributed by atoms with E-state index < -0.39 is 0 Å². The Kier molecular flexibility index (Phi) is 7.15. The van der Waals surface area contributed by atoms with Gasteiger partial charge in [0.1, 0.15) is 15.8 Å². The molecule has 0 amide bonds. The fourth-order valence-electron chi connectivity index (χ4n) is 6.83. The summed E-state index contributed by atoms with van der Waals surface area (Å²) >= 11 is 3.45. The molecule has 4 nitrogen and oxygen atoms in total. The molecule has 0 aliphatic heterocycles. The second kappa shape index (κ2) is 12.3. The Labute approximate surface area is 302 Å². The van der Waals surface area contributed by atoms with Crippen LogP contribution < -0.4 is 0 Å². The van der Waals surface area contributed by atoms with Crippen LogP contribution in [0.1, 0.15) is 0 Å². The minimum atomic E-state index is 0.905. The van der Waals surface area contributed by atoms with Crippen molar-refractivity contribution in [1.29, 1.82) is 0 Å². The van der Waals surface area contributed by atoms with E-state index >= 15 is 0 Å². The van der Waals surface area contributed by atoms with Crippen molar-refractivity contribution in [2.45, 2.75) is 0 Å². The Bertz CT molecular complexity index is 2770. The highest BCUT2D eigenvalue weighted by Crippen LogP contribution is 2.41. The average molecular weight is 689 g/mol. The SMILES string of the molecule is c1ccc(-c2nc3c(-c4ccc(-c5nc6ccccc6s5)cc4)ccc(-c4ccc(-c5nc6ccccc6s5)cc4)c3n2-c2ccccc2)cc1. The Hall–Kier alpha value is -6.21. The molecule has 6 heteroatoms. The van der Waals surface area contributed by atoms with E-state index in [-0.39, 0.29) is 0 Å². The maximum absolute atomic E-state index is 5.46. The normalized spacial score (nSPS) is 11.5. The second-order valence-corrected chi connectivity index (χ2v) is 14.5. The van der Waals surface area contributed by atoms with Gasteiger partial charge in [0.25, 0.3) is 0 Å². The molecule has 0 saturated heterocycles. The molecule has 51 heavy (non-hydrogen) atoms. The first-order valence-electron chi connectivity index (χ1n) is 16.9. The molecular weight excluding hydrogens is 661 g/mol. The topological polar surface area (TPSA) is 43.6 Å². The predicted octanol–water partition coefficient (Wildman–Crippen LogP) is 12.6. The van der Waals surface area contributed by atoms with Crippen molar-refractivity contribution < 1.29 is 0 Å². The summed E-state index contributed by atoms with van der Waals surface area (Å²) < 4.78 is 4.71. The minimum absolute atomic E-state index is 0.905. The standard InChI is InChI=1S/C45H28N4S2/c1-3-11-31(12-4-1)43-48-41-35(29-19-23-32(24-20-29)44-46-37-15-7-9-17-39(37)50-44)27-28-36(42(41)49(43)34-13-5-2-6-14-34)30-21-25-33(26-22-30)45-47-38-16-8-10-18-40(38)51-45/h1-28H. The van der Waals surface area contributed by atoms with E-state index in [4.69, 9.17) is 15.0 Å². The number of rotatable bonds is 6. The summed E-state index contributed by atoms with van der Waals surface area (Å²) in [6.45, 7) is 0. The minimum Gasteiger partial charge on any atom is -0.292 e. The molecule has 0 N–H and O–H groups in total. The molecule has 0 aliphatic carbocycles. The number of hydrogen-bond acceptors (Lipinski definition) is 5. The van der Waals surface area contributed by atoms with Gasteiger partial charge in [0.05, 0.1) is 31.5 Å². The summed E-state index contributed by atoms with van der Waals surface area (Å²) in [6, 6.07) is 59.7. The van der Waals surface area contributed by atoms with Gasteiger partial charge in [-0.1, -0.05) is 133 Å². The molecule has 0 fully saturated rings.